The highest BCUT2D eigenvalue weighted by Crippen LogP contribution is 2.44. The van der Waals surface area contributed by atoms with Gasteiger partial charge in [0.25, 0.3) is 0 Å². The first-order valence-electron chi connectivity index (χ1n) is 6.21. The molecule has 1 aliphatic carbocycles. The third-order valence-corrected chi connectivity index (χ3v) is 4.12. The van der Waals surface area contributed by atoms with Gasteiger partial charge in [-0.25, -0.2) is 4.39 Å². The number of halogens is 1. The van der Waals surface area contributed by atoms with Crippen LogP contribution in [0.2, 0.25) is 0 Å². The smallest absolute Gasteiger partial charge is 0.128 e. The van der Waals surface area contributed by atoms with Crippen LogP contribution in [0.3, 0.4) is 0 Å². The maximum atomic E-state index is 13.3. The van der Waals surface area contributed by atoms with E-state index < -0.39 is 0 Å². The molecule has 1 fully saturated rings. The van der Waals surface area contributed by atoms with E-state index in [9.17, 15) is 4.39 Å². The van der Waals surface area contributed by atoms with E-state index in [-0.39, 0.29) is 17.3 Å². The summed E-state index contributed by atoms with van der Waals surface area (Å²) in [6.07, 6.45) is 1.21. The maximum absolute atomic E-state index is 13.3. The third kappa shape index (κ3) is 2.05. The minimum Gasteiger partial charge on any atom is -0.397 e. The van der Waals surface area contributed by atoms with Crippen molar-refractivity contribution in [1.29, 1.82) is 0 Å². The Morgan fingerprint density at radius 3 is 2.67 bits per heavy atom. The van der Waals surface area contributed by atoms with Gasteiger partial charge in [0.15, 0.2) is 0 Å². The fourth-order valence-electron chi connectivity index (χ4n) is 2.54. The number of nitrogens with one attached hydrogen (secondary N) is 1. The average molecular weight is 252 g/mol. The molecule has 3 N–H and O–H groups in total. The summed E-state index contributed by atoms with van der Waals surface area (Å²) in [7, 11) is 1.74. The van der Waals surface area contributed by atoms with Gasteiger partial charge < -0.3 is 15.8 Å². The standard InChI is InChI=1S/C14H21FN2O/c1-8-5-11(10(16)6-9(8)15)17-12-7-13(18-4)14(12,2)3/h5-6,12-13,17H,7,16H2,1-4H3. The maximum Gasteiger partial charge on any atom is 0.128 e. The van der Waals surface area contributed by atoms with Gasteiger partial charge >= 0.3 is 0 Å². The molecule has 1 saturated carbocycles. The Morgan fingerprint density at radius 2 is 2.11 bits per heavy atom. The summed E-state index contributed by atoms with van der Waals surface area (Å²) in [5, 5.41) is 3.40. The van der Waals surface area contributed by atoms with Crippen LogP contribution < -0.4 is 11.1 Å². The Morgan fingerprint density at radius 1 is 1.44 bits per heavy atom. The monoisotopic (exact) mass is 252 g/mol. The molecule has 1 aliphatic rings. The number of hydrogen-bond acceptors (Lipinski definition) is 3. The molecule has 0 radical (unpaired) electrons. The summed E-state index contributed by atoms with van der Waals surface area (Å²) in [6.45, 7) is 6.06. The van der Waals surface area contributed by atoms with Gasteiger partial charge in [-0.15, -0.1) is 0 Å². The fraction of sp³-hybridized carbons (Fsp3) is 0.571. The zero-order valence-corrected chi connectivity index (χ0v) is 11.4. The highest BCUT2D eigenvalue weighted by atomic mass is 19.1. The number of nitrogens with two attached hydrogens (primary N) is 1. The van der Waals surface area contributed by atoms with Gasteiger partial charge in [0, 0.05) is 18.6 Å². The predicted molar refractivity (Wildman–Crippen MR) is 72.2 cm³/mol. The van der Waals surface area contributed by atoms with Crippen molar-refractivity contribution in [2.24, 2.45) is 5.41 Å². The number of nitrogen functional groups attached to an aromatic ring is 1. The summed E-state index contributed by atoms with van der Waals surface area (Å²) in [4.78, 5) is 0. The van der Waals surface area contributed by atoms with Crippen molar-refractivity contribution in [2.75, 3.05) is 18.2 Å². The molecule has 1 aromatic carbocycles. The minimum absolute atomic E-state index is 0.0590. The molecule has 0 spiro atoms. The summed E-state index contributed by atoms with van der Waals surface area (Å²) in [5.74, 6) is -0.263. The average Bonchev–Trinajstić information content (AvgIpc) is 2.30. The van der Waals surface area contributed by atoms with Crippen LogP contribution in [0.4, 0.5) is 15.8 Å². The number of anilines is 2. The van der Waals surface area contributed by atoms with Gasteiger partial charge in [0.2, 0.25) is 0 Å². The van der Waals surface area contributed by atoms with Crippen molar-refractivity contribution in [3.05, 3.63) is 23.5 Å². The lowest BCUT2D eigenvalue weighted by Crippen LogP contribution is -2.57. The normalized spacial score (nSPS) is 25.6. The molecular weight excluding hydrogens is 231 g/mol. The molecule has 4 heteroatoms. The van der Waals surface area contributed by atoms with Crippen molar-refractivity contribution < 1.29 is 9.13 Å². The molecule has 2 atom stereocenters. The van der Waals surface area contributed by atoms with Gasteiger partial charge in [-0.05, 0) is 31.0 Å². The molecule has 0 aromatic heterocycles. The zero-order valence-electron chi connectivity index (χ0n) is 11.4. The number of ether oxygens (including phenoxy) is 1. The van der Waals surface area contributed by atoms with Gasteiger partial charge in [-0.2, -0.15) is 0 Å². The molecular formula is C14H21FN2O. The van der Waals surface area contributed by atoms with Crippen LogP contribution in [0.15, 0.2) is 12.1 Å². The number of rotatable bonds is 3. The zero-order chi connectivity index (χ0) is 13.5. The topological polar surface area (TPSA) is 47.3 Å². The first-order chi connectivity index (χ1) is 8.36. The molecule has 0 bridgehead atoms. The fourth-order valence-corrected chi connectivity index (χ4v) is 2.54. The van der Waals surface area contributed by atoms with Crippen LogP contribution in [-0.4, -0.2) is 19.3 Å². The van der Waals surface area contributed by atoms with E-state index in [0.717, 1.165) is 12.1 Å². The van der Waals surface area contributed by atoms with E-state index in [1.165, 1.54) is 6.07 Å². The first-order valence-corrected chi connectivity index (χ1v) is 6.21. The van der Waals surface area contributed by atoms with Gasteiger partial charge in [0.05, 0.1) is 17.5 Å². The Balaban J connectivity index is 2.14. The third-order valence-electron chi connectivity index (χ3n) is 4.12. The highest BCUT2D eigenvalue weighted by molar-refractivity contribution is 5.68. The van der Waals surface area contributed by atoms with Crippen molar-refractivity contribution in [3.8, 4) is 0 Å². The van der Waals surface area contributed by atoms with Gasteiger partial charge in [-0.3, -0.25) is 0 Å². The molecule has 18 heavy (non-hydrogen) atoms. The number of methoxy groups -OCH3 is 1. The lowest BCUT2D eigenvalue weighted by atomic mass is 9.64. The molecule has 3 nitrogen and oxygen atoms in total. The predicted octanol–water partition coefficient (Wildman–Crippen LogP) is 2.94. The summed E-state index contributed by atoms with van der Waals surface area (Å²) in [5.41, 5.74) is 7.76. The van der Waals surface area contributed by atoms with E-state index in [1.807, 2.05) is 0 Å². The Labute approximate surface area is 108 Å². The summed E-state index contributed by atoms with van der Waals surface area (Å²) < 4.78 is 18.7. The van der Waals surface area contributed by atoms with Crippen LogP contribution in [0.1, 0.15) is 25.8 Å². The summed E-state index contributed by atoms with van der Waals surface area (Å²) in [6, 6.07) is 3.44. The molecule has 0 heterocycles. The van der Waals surface area contributed by atoms with Gasteiger partial charge in [-0.1, -0.05) is 13.8 Å². The lowest BCUT2D eigenvalue weighted by molar-refractivity contribution is -0.0794. The summed E-state index contributed by atoms with van der Waals surface area (Å²) >= 11 is 0. The van der Waals surface area contributed by atoms with Crippen LogP contribution >= 0.6 is 0 Å². The van der Waals surface area contributed by atoms with E-state index in [2.05, 4.69) is 19.2 Å². The number of benzene rings is 1. The lowest BCUT2D eigenvalue weighted by Gasteiger charge is -2.51. The number of aryl methyl sites for hydroxylation is 1. The first kappa shape index (κ1) is 13.1. The Hall–Kier alpha value is -1.29. The van der Waals surface area contributed by atoms with Crippen molar-refractivity contribution in [1.82, 2.24) is 0 Å². The van der Waals surface area contributed by atoms with Crippen molar-refractivity contribution in [2.45, 2.75) is 39.3 Å². The molecule has 1 aromatic rings. The van der Waals surface area contributed by atoms with E-state index in [1.54, 1.807) is 20.1 Å². The second kappa shape index (κ2) is 4.43. The minimum atomic E-state index is -0.263. The SMILES string of the molecule is COC1CC(Nc2cc(C)c(F)cc2N)C1(C)C. The molecule has 0 saturated heterocycles. The Bertz CT molecular complexity index is 459. The van der Waals surface area contributed by atoms with Crippen LogP contribution in [0.5, 0.6) is 0 Å². The highest BCUT2D eigenvalue weighted by Gasteiger charge is 2.48. The van der Waals surface area contributed by atoms with Crippen LogP contribution in [0, 0.1) is 18.2 Å². The quantitative estimate of drug-likeness (QED) is 0.813. The molecule has 2 rings (SSSR count). The van der Waals surface area contributed by atoms with Crippen LogP contribution in [-0.2, 0) is 4.74 Å². The largest absolute Gasteiger partial charge is 0.397 e. The van der Waals surface area contributed by atoms with E-state index >= 15 is 0 Å². The Kier molecular flexibility index (Phi) is 3.23. The second-order valence-corrected chi connectivity index (χ2v) is 5.67. The molecule has 2 unspecified atom stereocenters. The van der Waals surface area contributed by atoms with Gasteiger partial charge in [0.1, 0.15) is 5.82 Å². The second-order valence-electron chi connectivity index (χ2n) is 5.67. The number of hydrogen-bond donors (Lipinski definition) is 2. The molecule has 100 valence electrons. The molecule has 0 amide bonds. The molecule has 0 aliphatic heterocycles. The van der Waals surface area contributed by atoms with Crippen molar-refractivity contribution in [3.63, 3.8) is 0 Å². The van der Waals surface area contributed by atoms with Crippen molar-refractivity contribution >= 4 is 11.4 Å². The van der Waals surface area contributed by atoms with Crippen LogP contribution in [0.25, 0.3) is 0 Å². The van der Waals surface area contributed by atoms with E-state index in [4.69, 9.17) is 10.5 Å². The van der Waals surface area contributed by atoms with E-state index in [0.29, 0.717) is 17.3 Å².